The van der Waals surface area contributed by atoms with E-state index >= 15 is 0 Å². The molecular weight excluding hydrogens is 310 g/mol. The standard InChI is InChI=1S/C21H23N3O/c1-13-9-10-18(11-16(13)4)24-21(25)19(17(5)23-24)12-22-20-14(2)7-6-8-15(20)3/h6-12,22-23H,5H2,1-4H3. The second-order valence-electron chi connectivity index (χ2n) is 6.47. The van der Waals surface area contributed by atoms with Gasteiger partial charge >= 0.3 is 0 Å². The van der Waals surface area contributed by atoms with Gasteiger partial charge in [-0.3, -0.25) is 9.89 Å². The molecule has 1 aromatic heterocycles. The largest absolute Gasteiger partial charge is 0.360 e. The van der Waals surface area contributed by atoms with E-state index in [1.807, 2.05) is 57.2 Å². The highest BCUT2D eigenvalue weighted by Crippen LogP contribution is 2.19. The first-order valence-corrected chi connectivity index (χ1v) is 8.29. The van der Waals surface area contributed by atoms with Gasteiger partial charge in [-0.25, -0.2) is 4.68 Å². The Balaban J connectivity index is 2.07. The molecule has 0 fully saturated rings. The van der Waals surface area contributed by atoms with E-state index in [1.165, 1.54) is 10.2 Å². The lowest BCUT2D eigenvalue weighted by Crippen LogP contribution is -2.34. The summed E-state index contributed by atoms with van der Waals surface area (Å²) in [7, 11) is 0. The third-order valence-corrected chi connectivity index (χ3v) is 4.60. The van der Waals surface area contributed by atoms with Crippen LogP contribution in [0, 0.1) is 27.7 Å². The van der Waals surface area contributed by atoms with Crippen molar-refractivity contribution >= 4 is 18.5 Å². The number of benzene rings is 2. The molecule has 3 rings (SSSR count). The van der Waals surface area contributed by atoms with E-state index in [1.54, 1.807) is 6.20 Å². The summed E-state index contributed by atoms with van der Waals surface area (Å²) in [6, 6.07) is 12.0. The van der Waals surface area contributed by atoms with Crippen LogP contribution in [0.15, 0.2) is 41.2 Å². The normalized spacial score (nSPS) is 11.8. The fraction of sp³-hybridized carbons (Fsp3) is 0.190. The summed E-state index contributed by atoms with van der Waals surface area (Å²) in [5, 5.41) is 7.44. The maximum atomic E-state index is 12.8. The summed E-state index contributed by atoms with van der Waals surface area (Å²) in [5.41, 5.74) is 6.31. The topological polar surface area (TPSA) is 49.8 Å². The zero-order chi connectivity index (χ0) is 18.1. The molecule has 0 atom stereocenters. The predicted molar refractivity (Wildman–Crippen MR) is 105 cm³/mol. The summed E-state index contributed by atoms with van der Waals surface area (Å²) < 4.78 is 1.53. The van der Waals surface area contributed by atoms with Crippen LogP contribution in [-0.4, -0.2) is 9.78 Å². The van der Waals surface area contributed by atoms with Gasteiger partial charge in [0.2, 0.25) is 0 Å². The quantitative estimate of drug-likeness (QED) is 0.774. The lowest BCUT2D eigenvalue weighted by Gasteiger charge is -2.08. The van der Waals surface area contributed by atoms with Crippen LogP contribution in [0.2, 0.25) is 0 Å². The van der Waals surface area contributed by atoms with E-state index in [-0.39, 0.29) is 5.56 Å². The van der Waals surface area contributed by atoms with Crippen molar-refractivity contribution in [3.8, 4) is 5.69 Å². The first-order chi connectivity index (χ1) is 11.9. The SMILES string of the molecule is C=c1[nH]n(-c2ccc(C)c(C)c2)c(=O)c1=CNc1c(C)cccc1C. The average molecular weight is 333 g/mol. The molecule has 0 unspecified atom stereocenters. The van der Waals surface area contributed by atoms with E-state index in [4.69, 9.17) is 0 Å². The van der Waals surface area contributed by atoms with Gasteiger partial charge in [-0.1, -0.05) is 30.8 Å². The van der Waals surface area contributed by atoms with Gasteiger partial charge in [0.1, 0.15) is 0 Å². The van der Waals surface area contributed by atoms with Crippen LogP contribution < -0.4 is 21.4 Å². The molecule has 128 valence electrons. The fourth-order valence-electron chi connectivity index (χ4n) is 2.88. The first kappa shape index (κ1) is 16.8. The van der Waals surface area contributed by atoms with E-state index in [2.05, 4.69) is 23.9 Å². The van der Waals surface area contributed by atoms with Crippen LogP contribution in [-0.2, 0) is 0 Å². The second-order valence-corrected chi connectivity index (χ2v) is 6.47. The molecule has 0 radical (unpaired) electrons. The summed E-state index contributed by atoms with van der Waals surface area (Å²) >= 11 is 0. The lowest BCUT2D eigenvalue weighted by atomic mass is 10.1. The highest BCUT2D eigenvalue weighted by Gasteiger charge is 2.06. The maximum absolute atomic E-state index is 12.8. The van der Waals surface area contributed by atoms with Gasteiger partial charge < -0.3 is 5.32 Å². The minimum atomic E-state index is -0.119. The average Bonchev–Trinajstić information content (AvgIpc) is 2.85. The van der Waals surface area contributed by atoms with Crippen LogP contribution in [0.1, 0.15) is 22.3 Å². The Labute approximate surface area is 147 Å². The molecule has 4 nitrogen and oxygen atoms in total. The van der Waals surface area contributed by atoms with Crippen molar-refractivity contribution in [1.29, 1.82) is 0 Å². The Morgan fingerprint density at radius 3 is 2.32 bits per heavy atom. The number of anilines is 1. The van der Waals surface area contributed by atoms with Crippen molar-refractivity contribution in [3.63, 3.8) is 0 Å². The van der Waals surface area contributed by atoms with E-state index in [9.17, 15) is 4.79 Å². The molecule has 0 aliphatic heterocycles. The molecular formula is C21H23N3O. The summed E-state index contributed by atoms with van der Waals surface area (Å²) in [4.78, 5) is 12.8. The van der Waals surface area contributed by atoms with Gasteiger partial charge in [0, 0.05) is 11.9 Å². The number of aryl methyl sites for hydroxylation is 4. The van der Waals surface area contributed by atoms with Gasteiger partial charge in [0.15, 0.2) is 0 Å². The van der Waals surface area contributed by atoms with Crippen LogP contribution >= 0.6 is 0 Å². The van der Waals surface area contributed by atoms with Crippen molar-refractivity contribution in [2.75, 3.05) is 5.32 Å². The number of aromatic amines is 1. The molecule has 0 saturated heterocycles. The zero-order valence-electron chi connectivity index (χ0n) is 15.1. The molecule has 25 heavy (non-hydrogen) atoms. The van der Waals surface area contributed by atoms with E-state index in [0.717, 1.165) is 28.1 Å². The Morgan fingerprint density at radius 2 is 1.68 bits per heavy atom. The summed E-state index contributed by atoms with van der Waals surface area (Å²) in [6.07, 6.45) is 1.73. The zero-order valence-corrected chi connectivity index (χ0v) is 15.1. The smallest absolute Gasteiger partial charge is 0.280 e. The highest BCUT2D eigenvalue weighted by molar-refractivity contribution is 5.63. The third kappa shape index (κ3) is 3.15. The molecule has 0 aliphatic carbocycles. The number of aromatic nitrogens is 2. The number of nitrogens with one attached hydrogen (secondary N) is 2. The molecule has 2 aromatic carbocycles. The van der Waals surface area contributed by atoms with Crippen LogP contribution in [0.3, 0.4) is 0 Å². The second kappa shape index (κ2) is 6.48. The van der Waals surface area contributed by atoms with E-state index in [0.29, 0.717) is 10.6 Å². The Morgan fingerprint density at radius 1 is 1.00 bits per heavy atom. The molecule has 4 heteroatoms. The number of nitrogens with zero attached hydrogens (tertiary/aromatic N) is 1. The van der Waals surface area contributed by atoms with E-state index < -0.39 is 0 Å². The van der Waals surface area contributed by atoms with Crippen molar-refractivity contribution in [3.05, 3.63) is 79.6 Å². The lowest BCUT2D eigenvalue weighted by molar-refractivity contribution is 0.837. The van der Waals surface area contributed by atoms with Gasteiger partial charge in [-0.05, 0) is 62.1 Å². The molecule has 0 amide bonds. The van der Waals surface area contributed by atoms with Crippen molar-refractivity contribution in [2.45, 2.75) is 27.7 Å². The number of rotatable bonds is 3. The fourth-order valence-corrected chi connectivity index (χ4v) is 2.88. The summed E-state index contributed by atoms with van der Waals surface area (Å²) in [5.74, 6) is 0. The molecule has 0 aliphatic rings. The molecule has 0 bridgehead atoms. The summed E-state index contributed by atoms with van der Waals surface area (Å²) in [6.45, 7) is 12.1. The Kier molecular flexibility index (Phi) is 4.36. The molecule has 2 N–H and O–H groups in total. The number of hydrogen-bond donors (Lipinski definition) is 2. The number of hydrogen-bond acceptors (Lipinski definition) is 2. The number of para-hydroxylation sites is 1. The minimum Gasteiger partial charge on any atom is -0.360 e. The monoisotopic (exact) mass is 333 g/mol. The molecule has 1 heterocycles. The third-order valence-electron chi connectivity index (χ3n) is 4.60. The van der Waals surface area contributed by atoms with Gasteiger partial charge in [-0.2, -0.15) is 0 Å². The Bertz CT molecular complexity index is 1080. The molecule has 0 saturated carbocycles. The Hall–Kier alpha value is -3.01. The highest BCUT2D eigenvalue weighted by atomic mass is 16.1. The minimum absolute atomic E-state index is 0.119. The van der Waals surface area contributed by atoms with Crippen LogP contribution in [0.5, 0.6) is 0 Å². The van der Waals surface area contributed by atoms with Crippen molar-refractivity contribution < 1.29 is 0 Å². The van der Waals surface area contributed by atoms with Crippen LogP contribution in [0.4, 0.5) is 5.69 Å². The predicted octanol–water partition coefficient (Wildman–Crippen LogP) is 2.66. The first-order valence-electron chi connectivity index (χ1n) is 8.29. The van der Waals surface area contributed by atoms with Gasteiger partial charge in [-0.15, -0.1) is 0 Å². The van der Waals surface area contributed by atoms with Gasteiger partial charge in [0.25, 0.3) is 5.56 Å². The van der Waals surface area contributed by atoms with Crippen molar-refractivity contribution in [2.24, 2.45) is 0 Å². The maximum Gasteiger partial charge on any atom is 0.280 e. The number of H-pyrrole nitrogens is 1. The van der Waals surface area contributed by atoms with Crippen LogP contribution in [0.25, 0.3) is 18.5 Å². The molecule has 3 aromatic rings. The molecule has 0 spiro atoms. The van der Waals surface area contributed by atoms with Gasteiger partial charge in [0.05, 0.1) is 16.3 Å². The van der Waals surface area contributed by atoms with Crippen molar-refractivity contribution in [1.82, 2.24) is 9.78 Å².